The fourth-order valence-corrected chi connectivity index (χ4v) is 2.71. The van der Waals surface area contributed by atoms with Gasteiger partial charge in [-0.15, -0.1) is 0 Å². The summed E-state index contributed by atoms with van der Waals surface area (Å²) in [5, 5.41) is 5.51. The van der Waals surface area contributed by atoms with Gasteiger partial charge < -0.3 is 24.8 Å². The Morgan fingerprint density at radius 1 is 0.893 bits per heavy atom. The summed E-state index contributed by atoms with van der Waals surface area (Å²) in [4.78, 5) is 24.3. The van der Waals surface area contributed by atoms with Gasteiger partial charge in [0.25, 0.3) is 0 Å². The molecule has 0 unspecified atom stereocenters. The number of carbonyl (C=O) groups is 2. The van der Waals surface area contributed by atoms with Crippen molar-refractivity contribution in [3.63, 3.8) is 0 Å². The molecule has 0 spiro atoms. The number of rotatable bonds is 8. The molecule has 2 amide bonds. The second-order valence-electron chi connectivity index (χ2n) is 6.35. The van der Waals surface area contributed by atoms with E-state index in [1.54, 1.807) is 12.1 Å². The van der Waals surface area contributed by atoms with E-state index in [1.165, 1.54) is 21.3 Å². The highest BCUT2D eigenvalue weighted by atomic mass is 16.5. The molecule has 2 N–H and O–H groups in total. The Morgan fingerprint density at radius 3 is 2.11 bits per heavy atom. The summed E-state index contributed by atoms with van der Waals surface area (Å²) in [7, 11) is 4.57. The Bertz CT molecular complexity index is 839. The number of amides is 2. The normalized spacial score (nSPS) is 10.2. The number of hydrogen-bond donors (Lipinski definition) is 2. The van der Waals surface area contributed by atoms with E-state index >= 15 is 0 Å². The maximum Gasteiger partial charge on any atom is 0.233 e. The zero-order valence-electron chi connectivity index (χ0n) is 16.8. The number of aryl methyl sites for hydroxylation is 2. The maximum absolute atomic E-state index is 12.2. The van der Waals surface area contributed by atoms with E-state index in [1.807, 2.05) is 32.0 Å². The number of hydrogen-bond acceptors (Lipinski definition) is 5. The maximum atomic E-state index is 12.2. The number of ether oxygens (including phenoxy) is 3. The fourth-order valence-electron chi connectivity index (χ4n) is 2.71. The van der Waals surface area contributed by atoms with Crippen molar-refractivity contribution >= 4 is 17.5 Å². The summed E-state index contributed by atoms with van der Waals surface area (Å²) in [6.45, 7) is 4.07. The second kappa shape index (κ2) is 9.64. The van der Waals surface area contributed by atoms with Gasteiger partial charge in [0.2, 0.25) is 17.6 Å². The van der Waals surface area contributed by atoms with E-state index in [0.29, 0.717) is 22.9 Å². The summed E-state index contributed by atoms with van der Waals surface area (Å²) in [5.74, 6) is 0.734. The molecule has 0 saturated heterocycles. The monoisotopic (exact) mass is 386 g/mol. The van der Waals surface area contributed by atoms with Crippen LogP contribution in [0, 0.1) is 13.8 Å². The Morgan fingerprint density at radius 2 is 1.54 bits per heavy atom. The van der Waals surface area contributed by atoms with Crippen LogP contribution in [0.5, 0.6) is 17.2 Å². The lowest BCUT2D eigenvalue weighted by molar-refractivity contribution is -0.126. The van der Waals surface area contributed by atoms with Crippen molar-refractivity contribution in [1.82, 2.24) is 5.32 Å². The molecule has 7 heteroatoms. The van der Waals surface area contributed by atoms with Gasteiger partial charge in [-0.3, -0.25) is 9.59 Å². The van der Waals surface area contributed by atoms with Gasteiger partial charge in [0, 0.05) is 12.2 Å². The molecule has 150 valence electrons. The number of carbonyl (C=O) groups excluding carboxylic acids is 2. The zero-order valence-corrected chi connectivity index (χ0v) is 16.8. The summed E-state index contributed by atoms with van der Waals surface area (Å²) >= 11 is 0. The molecular weight excluding hydrogens is 360 g/mol. The van der Waals surface area contributed by atoms with Gasteiger partial charge in [0.05, 0.1) is 21.3 Å². The van der Waals surface area contributed by atoms with E-state index in [4.69, 9.17) is 14.2 Å². The average molecular weight is 386 g/mol. The summed E-state index contributed by atoms with van der Waals surface area (Å²) in [6.07, 6.45) is -0.266. The van der Waals surface area contributed by atoms with Crippen LogP contribution in [0.2, 0.25) is 0 Å². The van der Waals surface area contributed by atoms with E-state index < -0.39 is 0 Å². The van der Waals surface area contributed by atoms with Crippen LogP contribution >= 0.6 is 0 Å². The van der Waals surface area contributed by atoms with E-state index in [2.05, 4.69) is 10.6 Å². The Kier molecular flexibility index (Phi) is 7.26. The molecule has 0 radical (unpaired) electrons. The molecule has 2 aromatic carbocycles. The summed E-state index contributed by atoms with van der Waals surface area (Å²) < 4.78 is 15.9. The second-order valence-corrected chi connectivity index (χ2v) is 6.35. The van der Waals surface area contributed by atoms with Gasteiger partial charge in [-0.05, 0) is 48.7 Å². The first-order chi connectivity index (χ1) is 13.4. The van der Waals surface area contributed by atoms with E-state index in [9.17, 15) is 9.59 Å². The van der Waals surface area contributed by atoms with Gasteiger partial charge >= 0.3 is 0 Å². The highest BCUT2D eigenvalue weighted by Gasteiger charge is 2.15. The van der Waals surface area contributed by atoms with Crippen molar-refractivity contribution in [1.29, 1.82) is 0 Å². The van der Waals surface area contributed by atoms with Gasteiger partial charge in [-0.2, -0.15) is 0 Å². The van der Waals surface area contributed by atoms with Crippen molar-refractivity contribution in [2.45, 2.75) is 26.8 Å². The van der Waals surface area contributed by atoms with Gasteiger partial charge in [0.15, 0.2) is 11.5 Å². The first kappa shape index (κ1) is 21.1. The predicted molar refractivity (Wildman–Crippen MR) is 107 cm³/mol. The SMILES string of the molecule is COc1cc(CNC(=O)CC(=O)Nc2cc(C)ccc2C)cc(OC)c1OC. The molecule has 2 aromatic rings. The molecule has 0 heterocycles. The molecule has 0 bridgehead atoms. The lowest BCUT2D eigenvalue weighted by atomic mass is 10.1. The van der Waals surface area contributed by atoms with Crippen molar-refractivity contribution in [3.8, 4) is 17.2 Å². The Balaban J connectivity index is 1.96. The van der Waals surface area contributed by atoms with Gasteiger partial charge in [-0.25, -0.2) is 0 Å². The molecule has 28 heavy (non-hydrogen) atoms. The zero-order chi connectivity index (χ0) is 20.7. The molecular formula is C21H26N2O5. The largest absolute Gasteiger partial charge is 0.493 e. The van der Waals surface area contributed by atoms with Crippen LogP contribution in [0.1, 0.15) is 23.1 Å². The van der Waals surface area contributed by atoms with Crippen molar-refractivity contribution in [3.05, 3.63) is 47.0 Å². The van der Waals surface area contributed by atoms with Crippen LogP contribution in [-0.4, -0.2) is 33.1 Å². The third-order valence-corrected chi connectivity index (χ3v) is 4.20. The minimum absolute atomic E-state index is 0.228. The molecule has 0 fully saturated rings. The number of methoxy groups -OCH3 is 3. The lowest BCUT2D eigenvalue weighted by Crippen LogP contribution is -2.28. The van der Waals surface area contributed by atoms with Crippen LogP contribution in [0.3, 0.4) is 0 Å². The summed E-state index contributed by atoms with van der Waals surface area (Å²) in [5.41, 5.74) is 3.45. The standard InChI is InChI=1S/C21H26N2O5/c1-13-6-7-14(2)16(8-13)23-20(25)11-19(24)22-12-15-9-17(26-3)21(28-5)18(10-15)27-4/h6-10H,11-12H2,1-5H3,(H,22,24)(H,23,25). The first-order valence-corrected chi connectivity index (χ1v) is 8.80. The molecule has 0 aromatic heterocycles. The van der Waals surface area contributed by atoms with Crippen molar-refractivity contribution < 1.29 is 23.8 Å². The summed E-state index contributed by atoms with van der Waals surface area (Å²) in [6, 6.07) is 9.27. The molecule has 7 nitrogen and oxygen atoms in total. The van der Waals surface area contributed by atoms with Gasteiger partial charge in [0.1, 0.15) is 6.42 Å². The predicted octanol–water partition coefficient (Wildman–Crippen LogP) is 2.97. The number of benzene rings is 2. The molecule has 0 aliphatic heterocycles. The smallest absolute Gasteiger partial charge is 0.233 e. The van der Waals surface area contributed by atoms with Crippen LogP contribution in [0.25, 0.3) is 0 Å². The van der Waals surface area contributed by atoms with Crippen molar-refractivity contribution in [2.75, 3.05) is 26.6 Å². The quantitative estimate of drug-likeness (QED) is 0.681. The third kappa shape index (κ3) is 5.39. The van der Waals surface area contributed by atoms with Crippen LogP contribution in [0.15, 0.2) is 30.3 Å². The van der Waals surface area contributed by atoms with E-state index in [-0.39, 0.29) is 24.8 Å². The minimum Gasteiger partial charge on any atom is -0.493 e. The third-order valence-electron chi connectivity index (χ3n) is 4.20. The van der Waals surface area contributed by atoms with Crippen LogP contribution in [0.4, 0.5) is 5.69 Å². The molecule has 2 rings (SSSR count). The van der Waals surface area contributed by atoms with Crippen molar-refractivity contribution in [2.24, 2.45) is 0 Å². The van der Waals surface area contributed by atoms with Crippen LogP contribution in [-0.2, 0) is 16.1 Å². The molecule has 0 atom stereocenters. The Hall–Kier alpha value is -3.22. The van der Waals surface area contributed by atoms with E-state index in [0.717, 1.165) is 16.7 Å². The minimum atomic E-state index is -0.378. The first-order valence-electron chi connectivity index (χ1n) is 8.80. The van der Waals surface area contributed by atoms with Crippen LogP contribution < -0.4 is 24.8 Å². The highest BCUT2D eigenvalue weighted by Crippen LogP contribution is 2.38. The van der Waals surface area contributed by atoms with Gasteiger partial charge in [-0.1, -0.05) is 12.1 Å². The highest BCUT2D eigenvalue weighted by molar-refractivity contribution is 6.03. The molecule has 0 aliphatic rings. The average Bonchev–Trinajstić information content (AvgIpc) is 2.68. The molecule has 0 aliphatic carbocycles. The Labute approximate surface area is 165 Å². The lowest BCUT2D eigenvalue weighted by Gasteiger charge is -2.14. The molecule has 0 saturated carbocycles. The number of nitrogens with one attached hydrogen (secondary N) is 2. The topological polar surface area (TPSA) is 85.9 Å². The fraction of sp³-hybridized carbons (Fsp3) is 0.333. The number of anilines is 1.